The van der Waals surface area contributed by atoms with Crippen molar-refractivity contribution < 1.29 is 14.4 Å². The molecule has 148 valence electrons. The van der Waals surface area contributed by atoms with Gasteiger partial charge in [0.05, 0.1) is 12.5 Å². The summed E-state index contributed by atoms with van der Waals surface area (Å²) in [5.41, 5.74) is 1.08. The zero-order chi connectivity index (χ0) is 21.0. The molecular formula is C22H22N4O3. The van der Waals surface area contributed by atoms with E-state index in [1.54, 1.807) is 43.3 Å². The second-order valence-corrected chi connectivity index (χ2v) is 7.10. The number of benzene rings is 2. The maximum Gasteiger partial charge on any atom is 0.325 e. The molecule has 1 aliphatic heterocycles. The third kappa shape index (κ3) is 3.97. The molecule has 0 bridgehead atoms. The van der Waals surface area contributed by atoms with Gasteiger partial charge in [-0.3, -0.25) is 14.5 Å². The Hall–Kier alpha value is -3.66. The van der Waals surface area contributed by atoms with Crippen LogP contribution in [0.1, 0.15) is 24.5 Å². The Kier molecular flexibility index (Phi) is 5.64. The van der Waals surface area contributed by atoms with Gasteiger partial charge in [0.1, 0.15) is 12.1 Å². The van der Waals surface area contributed by atoms with Crippen LogP contribution in [0, 0.1) is 18.3 Å². The zero-order valence-electron chi connectivity index (χ0n) is 16.4. The van der Waals surface area contributed by atoms with Crippen LogP contribution in [0.25, 0.3) is 0 Å². The Morgan fingerprint density at radius 1 is 1.14 bits per heavy atom. The molecule has 1 aliphatic rings. The van der Waals surface area contributed by atoms with Crippen molar-refractivity contribution in [1.29, 1.82) is 5.26 Å². The highest BCUT2D eigenvalue weighted by atomic mass is 16.2. The fraction of sp³-hybridized carbons (Fsp3) is 0.273. The molecule has 7 heteroatoms. The minimum absolute atomic E-state index is 0.141. The number of hydrogen-bond acceptors (Lipinski definition) is 4. The number of hydrogen-bond donors (Lipinski definition) is 1. The first-order valence-corrected chi connectivity index (χ1v) is 9.30. The van der Waals surface area contributed by atoms with Crippen molar-refractivity contribution in [1.82, 2.24) is 10.2 Å². The van der Waals surface area contributed by atoms with E-state index in [9.17, 15) is 14.4 Å². The number of carbonyl (C=O) groups excluding carboxylic acids is 3. The third-order valence-corrected chi connectivity index (χ3v) is 5.01. The summed E-state index contributed by atoms with van der Waals surface area (Å²) in [6.07, 6.45) is 0.141. The summed E-state index contributed by atoms with van der Waals surface area (Å²) in [6, 6.07) is 17.6. The topological polar surface area (TPSA) is 93.5 Å². The standard InChI is InChI=1S/C22H22N4O3/c1-16-9-11-17(12-10-16)22(2)20(28)26(21(29)24-22)15-19(27)25(14-6-13-23)18-7-4-3-5-8-18/h3-5,7-12H,6,14-15H2,1-2H3,(H,24,29). The van der Waals surface area contributed by atoms with E-state index in [4.69, 9.17) is 5.26 Å². The number of aryl methyl sites for hydroxylation is 1. The van der Waals surface area contributed by atoms with Gasteiger partial charge < -0.3 is 10.2 Å². The molecule has 1 saturated heterocycles. The van der Waals surface area contributed by atoms with Crippen molar-refractivity contribution in [3.8, 4) is 6.07 Å². The monoisotopic (exact) mass is 390 g/mol. The fourth-order valence-corrected chi connectivity index (χ4v) is 3.31. The maximum atomic E-state index is 13.1. The maximum absolute atomic E-state index is 13.1. The molecule has 1 heterocycles. The van der Waals surface area contributed by atoms with E-state index in [0.717, 1.165) is 10.5 Å². The van der Waals surface area contributed by atoms with Crippen LogP contribution >= 0.6 is 0 Å². The smallest absolute Gasteiger partial charge is 0.319 e. The first-order valence-electron chi connectivity index (χ1n) is 9.30. The number of carbonyl (C=O) groups is 3. The number of nitrogens with one attached hydrogen (secondary N) is 1. The van der Waals surface area contributed by atoms with Crippen LogP contribution < -0.4 is 10.2 Å². The Morgan fingerprint density at radius 3 is 2.41 bits per heavy atom. The van der Waals surface area contributed by atoms with Gasteiger partial charge >= 0.3 is 6.03 Å². The minimum atomic E-state index is -1.23. The van der Waals surface area contributed by atoms with Crippen molar-refractivity contribution >= 4 is 23.5 Å². The molecule has 29 heavy (non-hydrogen) atoms. The van der Waals surface area contributed by atoms with Gasteiger partial charge in [-0.1, -0.05) is 48.0 Å². The van der Waals surface area contributed by atoms with Gasteiger partial charge in [0.15, 0.2) is 0 Å². The molecule has 0 saturated carbocycles. The van der Waals surface area contributed by atoms with Crippen LogP contribution in [0.15, 0.2) is 54.6 Å². The van der Waals surface area contributed by atoms with Crippen LogP contribution in [0.4, 0.5) is 10.5 Å². The van der Waals surface area contributed by atoms with Crippen molar-refractivity contribution in [2.24, 2.45) is 0 Å². The molecule has 0 aromatic heterocycles. The average Bonchev–Trinajstić information content (AvgIpc) is 2.93. The number of para-hydroxylation sites is 1. The lowest BCUT2D eigenvalue weighted by molar-refractivity contribution is -0.134. The predicted octanol–water partition coefficient (Wildman–Crippen LogP) is 2.71. The van der Waals surface area contributed by atoms with Gasteiger partial charge in [-0.25, -0.2) is 4.79 Å². The third-order valence-electron chi connectivity index (χ3n) is 5.01. The van der Waals surface area contributed by atoms with Crippen LogP contribution in [0.2, 0.25) is 0 Å². The van der Waals surface area contributed by atoms with Crippen molar-refractivity contribution in [2.45, 2.75) is 25.8 Å². The van der Waals surface area contributed by atoms with Crippen LogP contribution in [-0.4, -0.2) is 35.8 Å². The van der Waals surface area contributed by atoms with Crippen LogP contribution in [0.3, 0.4) is 0 Å². The number of urea groups is 1. The zero-order valence-corrected chi connectivity index (χ0v) is 16.4. The molecular weight excluding hydrogens is 368 g/mol. The van der Waals surface area contributed by atoms with Crippen molar-refractivity contribution in [3.05, 3.63) is 65.7 Å². The number of amides is 4. The molecule has 0 aliphatic carbocycles. The Labute approximate surface area is 169 Å². The summed E-state index contributed by atoms with van der Waals surface area (Å²) in [4.78, 5) is 40.9. The van der Waals surface area contributed by atoms with Crippen LogP contribution in [-0.2, 0) is 15.1 Å². The van der Waals surface area contributed by atoms with Gasteiger partial charge in [-0.15, -0.1) is 0 Å². The van der Waals surface area contributed by atoms with Gasteiger partial charge in [-0.2, -0.15) is 5.26 Å². The molecule has 7 nitrogen and oxygen atoms in total. The number of nitriles is 1. The molecule has 2 aromatic carbocycles. The van der Waals surface area contributed by atoms with E-state index in [1.807, 2.05) is 31.2 Å². The molecule has 4 amide bonds. The van der Waals surface area contributed by atoms with Crippen LogP contribution in [0.5, 0.6) is 0 Å². The number of nitrogens with zero attached hydrogens (tertiary/aromatic N) is 3. The second-order valence-electron chi connectivity index (χ2n) is 7.10. The lowest BCUT2D eigenvalue weighted by Crippen LogP contribution is -2.45. The van der Waals surface area contributed by atoms with Gasteiger partial charge in [0, 0.05) is 12.2 Å². The highest BCUT2D eigenvalue weighted by Crippen LogP contribution is 2.29. The lowest BCUT2D eigenvalue weighted by Gasteiger charge is -2.25. The Balaban J connectivity index is 1.82. The Bertz CT molecular complexity index is 966. The number of rotatable bonds is 6. The average molecular weight is 390 g/mol. The molecule has 2 aromatic rings. The molecule has 1 unspecified atom stereocenters. The van der Waals surface area contributed by atoms with E-state index in [1.165, 1.54) is 4.90 Å². The van der Waals surface area contributed by atoms with E-state index in [0.29, 0.717) is 11.3 Å². The van der Waals surface area contributed by atoms with Gasteiger partial charge in [-0.05, 0) is 31.5 Å². The van der Waals surface area contributed by atoms with Gasteiger partial charge in [0.25, 0.3) is 5.91 Å². The summed E-state index contributed by atoms with van der Waals surface area (Å²) in [7, 11) is 0. The number of imide groups is 1. The lowest BCUT2D eigenvalue weighted by atomic mass is 9.91. The van der Waals surface area contributed by atoms with E-state index in [-0.39, 0.29) is 13.0 Å². The van der Waals surface area contributed by atoms with E-state index >= 15 is 0 Å². The largest absolute Gasteiger partial charge is 0.325 e. The summed E-state index contributed by atoms with van der Waals surface area (Å²) in [5, 5.41) is 11.6. The normalized spacial score (nSPS) is 18.3. The van der Waals surface area contributed by atoms with E-state index < -0.39 is 29.9 Å². The first kappa shape index (κ1) is 20.1. The minimum Gasteiger partial charge on any atom is -0.319 e. The molecule has 1 atom stereocenters. The quantitative estimate of drug-likeness (QED) is 0.768. The highest BCUT2D eigenvalue weighted by Gasteiger charge is 2.49. The molecule has 1 N–H and O–H groups in total. The molecule has 3 rings (SSSR count). The fourth-order valence-electron chi connectivity index (χ4n) is 3.31. The SMILES string of the molecule is Cc1ccc(C2(C)NC(=O)N(CC(=O)N(CCC#N)c3ccccc3)C2=O)cc1. The summed E-state index contributed by atoms with van der Waals surface area (Å²) < 4.78 is 0. The molecule has 0 radical (unpaired) electrons. The summed E-state index contributed by atoms with van der Waals surface area (Å²) in [6.45, 7) is 3.35. The molecule has 1 fully saturated rings. The van der Waals surface area contributed by atoms with Gasteiger partial charge in [0.2, 0.25) is 5.91 Å². The second kappa shape index (κ2) is 8.15. The molecule has 0 spiro atoms. The predicted molar refractivity (Wildman–Crippen MR) is 108 cm³/mol. The van der Waals surface area contributed by atoms with Crippen molar-refractivity contribution in [3.63, 3.8) is 0 Å². The van der Waals surface area contributed by atoms with Crippen molar-refractivity contribution in [2.75, 3.05) is 18.0 Å². The summed E-state index contributed by atoms with van der Waals surface area (Å²) >= 11 is 0. The first-order chi connectivity index (χ1) is 13.9. The van der Waals surface area contributed by atoms with E-state index in [2.05, 4.69) is 5.32 Å². The highest BCUT2D eigenvalue weighted by molar-refractivity contribution is 6.10. The number of anilines is 1. The Morgan fingerprint density at radius 2 is 1.79 bits per heavy atom. The summed E-state index contributed by atoms with van der Waals surface area (Å²) in [5.74, 6) is -0.906.